The van der Waals surface area contributed by atoms with E-state index in [0.717, 1.165) is 0 Å². The molecular formula is C12H13ClN2O4. The molecule has 0 bridgehead atoms. The number of carbonyl (C=O) groups excluding carboxylic acids is 1. The van der Waals surface area contributed by atoms with Crippen LogP contribution in [-0.2, 0) is 9.53 Å². The third-order valence-corrected chi connectivity index (χ3v) is 3.02. The molecule has 3 N–H and O–H groups in total. The van der Waals surface area contributed by atoms with E-state index in [1.165, 1.54) is 12.1 Å². The van der Waals surface area contributed by atoms with Gasteiger partial charge in [-0.3, -0.25) is 4.79 Å². The molecule has 0 spiro atoms. The lowest BCUT2D eigenvalue weighted by Crippen LogP contribution is -2.45. The van der Waals surface area contributed by atoms with Crippen LogP contribution < -0.4 is 10.6 Å². The van der Waals surface area contributed by atoms with Crippen LogP contribution in [0.2, 0.25) is 5.02 Å². The van der Waals surface area contributed by atoms with Gasteiger partial charge in [-0.25, -0.2) is 4.79 Å². The fourth-order valence-electron chi connectivity index (χ4n) is 1.79. The van der Waals surface area contributed by atoms with Crippen molar-refractivity contribution in [3.05, 3.63) is 28.8 Å². The number of hydrogen-bond donors (Lipinski definition) is 3. The number of nitrogens with one attached hydrogen (secondary N) is 2. The summed E-state index contributed by atoms with van der Waals surface area (Å²) in [6, 6.07) is 4.52. The van der Waals surface area contributed by atoms with E-state index in [4.69, 9.17) is 21.4 Å². The van der Waals surface area contributed by atoms with Crippen molar-refractivity contribution in [3.8, 4) is 0 Å². The second-order valence-corrected chi connectivity index (χ2v) is 4.43. The molecular weight excluding hydrogens is 272 g/mol. The van der Waals surface area contributed by atoms with Crippen molar-refractivity contribution in [1.82, 2.24) is 5.32 Å². The minimum absolute atomic E-state index is 0.0768. The van der Waals surface area contributed by atoms with Gasteiger partial charge in [-0.2, -0.15) is 0 Å². The van der Waals surface area contributed by atoms with Crippen LogP contribution in [0.3, 0.4) is 0 Å². The summed E-state index contributed by atoms with van der Waals surface area (Å²) in [5, 5.41) is 14.7. The molecule has 6 nitrogen and oxygen atoms in total. The summed E-state index contributed by atoms with van der Waals surface area (Å²) < 4.78 is 5.29. The zero-order valence-electron chi connectivity index (χ0n) is 9.98. The Morgan fingerprint density at radius 3 is 2.89 bits per heavy atom. The number of morpholine rings is 1. The van der Waals surface area contributed by atoms with E-state index in [1.54, 1.807) is 6.07 Å². The fraction of sp³-hybridized carbons (Fsp3) is 0.333. The number of anilines is 1. The Morgan fingerprint density at radius 1 is 1.47 bits per heavy atom. The summed E-state index contributed by atoms with van der Waals surface area (Å²) in [5.74, 6) is -1.58. The maximum atomic E-state index is 11.9. The summed E-state index contributed by atoms with van der Waals surface area (Å²) in [6.07, 6.45) is -0.630. The molecule has 7 heteroatoms. The van der Waals surface area contributed by atoms with Crippen LogP contribution in [0.4, 0.5) is 5.69 Å². The van der Waals surface area contributed by atoms with E-state index >= 15 is 0 Å². The van der Waals surface area contributed by atoms with Crippen LogP contribution in [0, 0.1) is 0 Å². The Morgan fingerprint density at radius 2 is 2.26 bits per heavy atom. The quantitative estimate of drug-likeness (QED) is 0.770. The normalized spacial score (nSPS) is 18.9. The second kappa shape index (κ2) is 6.01. The van der Waals surface area contributed by atoms with Crippen LogP contribution in [0.5, 0.6) is 0 Å². The number of aromatic carboxylic acids is 1. The van der Waals surface area contributed by atoms with Crippen molar-refractivity contribution in [2.75, 3.05) is 25.0 Å². The standard InChI is InChI=1S/C12H13ClN2O4/c13-7-2-1-3-8(10(7)12(17)18)15-11(16)9-6-14-4-5-19-9/h1-3,9,14H,4-6H2,(H,15,16)(H,17,18). The van der Waals surface area contributed by atoms with Gasteiger partial charge >= 0.3 is 5.97 Å². The van der Waals surface area contributed by atoms with Gasteiger partial charge in [0.2, 0.25) is 0 Å². The molecule has 1 amide bonds. The Labute approximate surface area is 114 Å². The molecule has 102 valence electrons. The molecule has 1 heterocycles. The lowest BCUT2D eigenvalue weighted by atomic mass is 10.1. The van der Waals surface area contributed by atoms with Crippen molar-refractivity contribution in [2.45, 2.75) is 6.10 Å². The van der Waals surface area contributed by atoms with Crippen molar-refractivity contribution < 1.29 is 19.4 Å². The largest absolute Gasteiger partial charge is 0.478 e. The van der Waals surface area contributed by atoms with Gasteiger partial charge in [0.15, 0.2) is 0 Å². The van der Waals surface area contributed by atoms with Gasteiger partial charge in [-0.05, 0) is 12.1 Å². The Kier molecular flexibility index (Phi) is 4.36. The average Bonchev–Trinajstić information content (AvgIpc) is 2.39. The highest BCUT2D eigenvalue weighted by Crippen LogP contribution is 2.24. The topological polar surface area (TPSA) is 87.7 Å². The van der Waals surface area contributed by atoms with Crippen LogP contribution in [-0.4, -0.2) is 42.8 Å². The van der Waals surface area contributed by atoms with E-state index in [0.29, 0.717) is 19.7 Å². The molecule has 0 aromatic heterocycles. The Bertz CT molecular complexity index is 501. The van der Waals surface area contributed by atoms with Crippen molar-refractivity contribution in [2.24, 2.45) is 0 Å². The molecule has 2 rings (SSSR count). The van der Waals surface area contributed by atoms with E-state index in [1.807, 2.05) is 0 Å². The Balaban J connectivity index is 2.16. The first-order valence-corrected chi connectivity index (χ1v) is 6.12. The van der Waals surface area contributed by atoms with Gasteiger partial charge in [0, 0.05) is 13.1 Å². The molecule has 1 saturated heterocycles. The van der Waals surface area contributed by atoms with Gasteiger partial charge in [-0.15, -0.1) is 0 Å². The highest BCUT2D eigenvalue weighted by molar-refractivity contribution is 6.34. The SMILES string of the molecule is O=C(O)c1c(Cl)cccc1NC(=O)C1CNCCO1. The summed E-state index contributed by atoms with van der Waals surface area (Å²) in [4.78, 5) is 23.1. The molecule has 1 aromatic carbocycles. The molecule has 1 unspecified atom stereocenters. The average molecular weight is 285 g/mol. The van der Waals surface area contributed by atoms with E-state index in [2.05, 4.69) is 10.6 Å². The number of ether oxygens (including phenoxy) is 1. The number of hydrogen-bond acceptors (Lipinski definition) is 4. The van der Waals surface area contributed by atoms with Gasteiger partial charge in [0.05, 0.1) is 17.3 Å². The molecule has 1 aliphatic heterocycles. The number of halogens is 1. The zero-order chi connectivity index (χ0) is 13.8. The summed E-state index contributed by atoms with van der Waals surface area (Å²) >= 11 is 5.82. The number of amides is 1. The highest BCUT2D eigenvalue weighted by atomic mass is 35.5. The van der Waals surface area contributed by atoms with Crippen LogP contribution in [0.25, 0.3) is 0 Å². The number of carboxylic acids is 1. The van der Waals surface area contributed by atoms with Crippen molar-refractivity contribution in [1.29, 1.82) is 0 Å². The lowest BCUT2D eigenvalue weighted by Gasteiger charge is -2.23. The van der Waals surface area contributed by atoms with Gasteiger partial charge in [-0.1, -0.05) is 17.7 Å². The highest BCUT2D eigenvalue weighted by Gasteiger charge is 2.24. The molecule has 1 atom stereocenters. The smallest absolute Gasteiger partial charge is 0.339 e. The van der Waals surface area contributed by atoms with Gasteiger partial charge < -0.3 is 20.5 Å². The number of carboxylic acid groups (broad SMARTS) is 1. The minimum atomic E-state index is -1.19. The van der Waals surface area contributed by atoms with Crippen LogP contribution in [0.15, 0.2) is 18.2 Å². The molecule has 1 fully saturated rings. The first kappa shape index (κ1) is 13.8. The first-order valence-electron chi connectivity index (χ1n) is 5.74. The predicted octanol–water partition coefficient (Wildman–Crippen LogP) is 0.965. The first-order chi connectivity index (χ1) is 9.09. The molecule has 0 aliphatic carbocycles. The van der Waals surface area contributed by atoms with E-state index in [-0.39, 0.29) is 16.3 Å². The zero-order valence-corrected chi connectivity index (χ0v) is 10.7. The molecule has 0 saturated carbocycles. The third kappa shape index (κ3) is 3.23. The van der Waals surface area contributed by atoms with Crippen LogP contribution in [0.1, 0.15) is 10.4 Å². The summed E-state index contributed by atoms with van der Waals surface area (Å²) in [6.45, 7) is 1.54. The Hall–Kier alpha value is -1.63. The third-order valence-electron chi connectivity index (χ3n) is 2.71. The van der Waals surface area contributed by atoms with Gasteiger partial charge in [0.1, 0.15) is 11.7 Å². The number of benzene rings is 1. The predicted molar refractivity (Wildman–Crippen MR) is 69.7 cm³/mol. The van der Waals surface area contributed by atoms with Crippen molar-refractivity contribution in [3.63, 3.8) is 0 Å². The number of rotatable bonds is 3. The molecule has 1 aromatic rings. The maximum Gasteiger partial charge on any atom is 0.339 e. The fourth-order valence-corrected chi connectivity index (χ4v) is 2.05. The van der Waals surface area contributed by atoms with Crippen LogP contribution >= 0.6 is 11.6 Å². The van der Waals surface area contributed by atoms with Gasteiger partial charge in [0.25, 0.3) is 5.91 Å². The minimum Gasteiger partial charge on any atom is -0.478 e. The molecule has 0 radical (unpaired) electrons. The summed E-state index contributed by atoms with van der Waals surface area (Å²) in [7, 11) is 0. The second-order valence-electron chi connectivity index (χ2n) is 4.02. The number of carbonyl (C=O) groups is 2. The summed E-state index contributed by atoms with van der Waals surface area (Å²) in [5.41, 5.74) is 0.0421. The van der Waals surface area contributed by atoms with Crippen molar-refractivity contribution >= 4 is 29.2 Å². The lowest BCUT2D eigenvalue weighted by molar-refractivity contribution is -0.128. The monoisotopic (exact) mass is 284 g/mol. The maximum absolute atomic E-state index is 11.9. The molecule has 1 aliphatic rings. The van der Waals surface area contributed by atoms with E-state index in [9.17, 15) is 9.59 Å². The molecule has 19 heavy (non-hydrogen) atoms. The van der Waals surface area contributed by atoms with E-state index < -0.39 is 18.0 Å².